The highest BCUT2D eigenvalue weighted by atomic mass is 16.5. The first-order valence-corrected chi connectivity index (χ1v) is 8.14. The van der Waals surface area contributed by atoms with Crippen LogP contribution in [0.15, 0.2) is 24.3 Å². The molecule has 5 nitrogen and oxygen atoms in total. The van der Waals surface area contributed by atoms with Crippen LogP contribution in [0.5, 0.6) is 5.75 Å². The molecule has 0 saturated carbocycles. The first kappa shape index (κ1) is 19.0. The Labute approximate surface area is 138 Å². The molecule has 0 aromatic heterocycles. The summed E-state index contributed by atoms with van der Waals surface area (Å²) in [5.41, 5.74) is 0.633. The van der Waals surface area contributed by atoms with Crippen molar-refractivity contribution in [2.24, 2.45) is 0 Å². The minimum Gasteiger partial charge on any atom is -0.494 e. The second-order valence-electron chi connectivity index (χ2n) is 5.30. The van der Waals surface area contributed by atoms with Gasteiger partial charge in [0.25, 0.3) is 0 Å². The average molecular weight is 318 g/mol. The van der Waals surface area contributed by atoms with E-state index in [1.54, 1.807) is 12.1 Å². The van der Waals surface area contributed by atoms with Crippen molar-refractivity contribution in [1.82, 2.24) is 5.32 Å². The van der Waals surface area contributed by atoms with E-state index in [0.29, 0.717) is 18.7 Å². The molecule has 0 radical (unpaired) electrons. The molecule has 0 aliphatic carbocycles. The minimum absolute atomic E-state index is 0.123. The highest BCUT2D eigenvalue weighted by Gasteiger charge is 1.99. The number of ether oxygens (including phenoxy) is 2. The van der Waals surface area contributed by atoms with Crippen LogP contribution in [0.2, 0.25) is 0 Å². The van der Waals surface area contributed by atoms with Crippen molar-refractivity contribution in [3.05, 3.63) is 35.7 Å². The molecule has 0 fully saturated rings. The number of hydrogen-bond acceptors (Lipinski definition) is 4. The van der Waals surface area contributed by atoms with Gasteiger partial charge in [-0.2, -0.15) is 0 Å². The van der Waals surface area contributed by atoms with Gasteiger partial charge in [-0.3, -0.25) is 4.79 Å². The monoisotopic (exact) mass is 318 g/mol. The Bertz CT molecular complexity index is 480. The minimum atomic E-state index is -0.123. The molecular weight excluding hydrogens is 292 g/mol. The number of benzene rings is 1. The zero-order chi connectivity index (χ0) is 16.8. The van der Waals surface area contributed by atoms with Crippen LogP contribution in [0.3, 0.4) is 0 Å². The summed E-state index contributed by atoms with van der Waals surface area (Å²) in [6.07, 6.45) is 5.62. The van der Waals surface area contributed by atoms with Gasteiger partial charge in [-0.25, -0.2) is 4.85 Å². The summed E-state index contributed by atoms with van der Waals surface area (Å²) in [5, 5.41) is 3.40. The van der Waals surface area contributed by atoms with E-state index < -0.39 is 0 Å². The Hall–Kier alpha value is -2.06. The third-order valence-electron chi connectivity index (χ3n) is 3.44. The SMILES string of the molecule is [C-]#[N+]c1ccc(OCCCCNCCCCCC(=O)OC)cc1. The first-order valence-electron chi connectivity index (χ1n) is 8.14. The number of carbonyl (C=O) groups is 1. The van der Waals surface area contributed by atoms with Crippen molar-refractivity contribution < 1.29 is 14.3 Å². The van der Waals surface area contributed by atoms with E-state index in [4.69, 9.17) is 11.3 Å². The van der Waals surface area contributed by atoms with E-state index in [0.717, 1.165) is 50.9 Å². The van der Waals surface area contributed by atoms with Crippen LogP contribution in [-0.4, -0.2) is 32.8 Å². The summed E-state index contributed by atoms with van der Waals surface area (Å²) in [6.45, 7) is 9.55. The maximum absolute atomic E-state index is 10.9. The molecular formula is C18H26N2O3. The van der Waals surface area contributed by atoms with Crippen LogP contribution in [0, 0.1) is 6.57 Å². The summed E-state index contributed by atoms with van der Waals surface area (Å²) in [6, 6.07) is 7.20. The number of nitrogens with one attached hydrogen (secondary N) is 1. The van der Waals surface area contributed by atoms with Crippen LogP contribution in [0.4, 0.5) is 5.69 Å². The summed E-state index contributed by atoms with van der Waals surface area (Å²) < 4.78 is 10.2. The van der Waals surface area contributed by atoms with Gasteiger partial charge in [-0.05, 0) is 50.9 Å². The van der Waals surface area contributed by atoms with E-state index >= 15 is 0 Å². The lowest BCUT2D eigenvalue weighted by atomic mass is 10.2. The third-order valence-corrected chi connectivity index (χ3v) is 3.44. The maximum atomic E-state index is 10.9. The van der Waals surface area contributed by atoms with Crippen molar-refractivity contribution in [2.45, 2.75) is 38.5 Å². The predicted molar refractivity (Wildman–Crippen MR) is 90.8 cm³/mol. The van der Waals surface area contributed by atoms with Crippen molar-refractivity contribution in [3.8, 4) is 5.75 Å². The number of rotatable bonds is 12. The molecule has 1 aromatic carbocycles. The van der Waals surface area contributed by atoms with Gasteiger partial charge in [0, 0.05) is 6.42 Å². The zero-order valence-corrected chi connectivity index (χ0v) is 13.8. The van der Waals surface area contributed by atoms with E-state index in [1.807, 2.05) is 12.1 Å². The van der Waals surface area contributed by atoms with Crippen molar-refractivity contribution in [3.63, 3.8) is 0 Å². The van der Waals surface area contributed by atoms with Gasteiger partial charge in [-0.1, -0.05) is 18.6 Å². The lowest BCUT2D eigenvalue weighted by molar-refractivity contribution is -0.140. The van der Waals surface area contributed by atoms with Gasteiger partial charge >= 0.3 is 5.97 Å². The Kier molecular flexibility index (Phi) is 10.3. The van der Waals surface area contributed by atoms with Crippen LogP contribution in [0.25, 0.3) is 4.85 Å². The fourth-order valence-electron chi connectivity index (χ4n) is 2.08. The standard InChI is InChI=1S/C18H26N2O3/c1-19-16-9-11-17(12-10-16)23-15-7-6-14-20-13-5-3-4-8-18(21)22-2/h9-12,20H,3-8,13-15H2,2H3. The maximum Gasteiger partial charge on any atom is 0.305 e. The van der Waals surface area contributed by atoms with E-state index in [9.17, 15) is 4.79 Å². The molecule has 0 aliphatic rings. The second kappa shape index (κ2) is 12.5. The van der Waals surface area contributed by atoms with Crippen molar-refractivity contribution in [2.75, 3.05) is 26.8 Å². The van der Waals surface area contributed by atoms with Crippen LogP contribution >= 0.6 is 0 Å². The molecule has 0 amide bonds. The lowest BCUT2D eigenvalue weighted by Crippen LogP contribution is -2.17. The molecule has 0 heterocycles. The van der Waals surface area contributed by atoms with Crippen molar-refractivity contribution in [1.29, 1.82) is 0 Å². The first-order chi connectivity index (χ1) is 11.3. The van der Waals surface area contributed by atoms with E-state index in [-0.39, 0.29) is 5.97 Å². The molecule has 0 atom stereocenters. The zero-order valence-electron chi connectivity index (χ0n) is 13.8. The summed E-state index contributed by atoms with van der Waals surface area (Å²) in [5.74, 6) is 0.692. The fourth-order valence-corrected chi connectivity index (χ4v) is 2.08. The number of carbonyl (C=O) groups excluding carboxylic acids is 1. The summed E-state index contributed by atoms with van der Waals surface area (Å²) >= 11 is 0. The van der Waals surface area contributed by atoms with Crippen LogP contribution in [-0.2, 0) is 9.53 Å². The molecule has 0 bridgehead atoms. The largest absolute Gasteiger partial charge is 0.494 e. The van der Waals surface area contributed by atoms with Crippen LogP contribution < -0.4 is 10.1 Å². The lowest BCUT2D eigenvalue weighted by Gasteiger charge is -2.07. The Morgan fingerprint density at radius 1 is 1.09 bits per heavy atom. The highest BCUT2D eigenvalue weighted by molar-refractivity contribution is 5.68. The number of hydrogen-bond donors (Lipinski definition) is 1. The van der Waals surface area contributed by atoms with Gasteiger partial charge in [0.15, 0.2) is 5.69 Å². The molecule has 126 valence electrons. The van der Waals surface area contributed by atoms with E-state index in [2.05, 4.69) is 14.9 Å². The Morgan fingerprint density at radius 3 is 2.43 bits per heavy atom. The Balaban J connectivity index is 1.88. The number of unbranched alkanes of at least 4 members (excludes halogenated alkanes) is 3. The van der Waals surface area contributed by atoms with Gasteiger partial charge in [0.1, 0.15) is 5.75 Å². The van der Waals surface area contributed by atoms with Crippen molar-refractivity contribution >= 4 is 11.7 Å². The van der Waals surface area contributed by atoms with Gasteiger partial charge in [-0.15, -0.1) is 0 Å². The summed E-state index contributed by atoms with van der Waals surface area (Å²) in [4.78, 5) is 14.3. The smallest absolute Gasteiger partial charge is 0.305 e. The quantitative estimate of drug-likeness (QED) is 0.362. The molecule has 5 heteroatoms. The molecule has 0 aliphatic heterocycles. The molecule has 0 spiro atoms. The molecule has 23 heavy (non-hydrogen) atoms. The summed E-state index contributed by atoms with van der Waals surface area (Å²) in [7, 11) is 1.43. The highest BCUT2D eigenvalue weighted by Crippen LogP contribution is 2.17. The third kappa shape index (κ3) is 9.54. The molecule has 1 aromatic rings. The van der Waals surface area contributed by atoms with Gasteiger partial charge in [0.2, 0.25) is 0 Å². The normalized spacial score (nSPS) is 10.1. The average Bonchev–Trinajstić information content (AvgIpc) is 2.59. The van der Waals surface area contributed by atoms with E-state index in [1.165, 1.54) is 7.11 Å². The number of nitrogens with zero attached hydrogens (tertiary/aromatic N) is 1. The molecule has 0 saturated heterocycles. The van der Waals surface area contributed by atoms with Crippen LogP contribution in [0.1, 0.15) is 38.5 Å². The fraction of sp³-hybridized carbons (Fsp3) is 0.556. The van der Waals surface area contributed by atoms with Gasteiger partial charge in [0.05, 0.1) is 20.3 Å². The molecule has 0 unspecified atom stereocenters. The molecule has 1 rings (SSSR count). The second-order valence-corrected chi connectivity index (χ2v) is 5.30. The Morgan fingerprint density at radius 2 is 1.78 bits per heavy atom. The molecule has 1 N–H and O–H groups in total. The predicted octanol–water partition coefficient (Wildman–Crippen LogP) is 3.72. The number of methoxy groups -OCH3 is 1. The number of esters is 1. The van der Waals surface area contributed by atoms with Gasteiger partial charge < -0.3 is 14.8 Å². The topological polar surface area (TPSA) is 51.9 Å².